The number of nitrogens with one attached hydrogen (secondary N) is 2. The third-order valence-corrected chi connectivity index (χ3v) is 3.69. The molecule has 1 aromatic heterocycles. The molecule has 0 bridgehead atoms. The first-order valence-electron chi connectivity index (χ1n) is 8.72. The fourth-order valence-corrected chi connectivity index (χ4v) is 2.45. The molecular weight excluding hydrogens is 354 g/mol. The van der Waals surface area contributed by atoms with Crippen LogP contribution in [0.3, 0.4) is 0 Å². The predicted molar refractivity (Wildman–Crippen MR) is 107 cm³/mol. The molecule has 28 heavy (non-hydrogen) atoms. The van der Waals surface area contributed by atoms with E-state index in [1.54, 1.807) is 30.3 Å². The highest BCUT2D eigenvalue weighted by Crippen LogP contribution is 2.25. The fourth-order valence-electron chi connectivity index (χ4n) is 2.45. The van der Waals surface area contributed by atoms with Crippen LogP contribution in [0, 0.1) is 11.3 Å². The van der Waals surface area contributed by atoms with Gasteiger partial charge in [-0.3, -0.25) is 4.79 Å². The van der Waals surface area contributed by atoms with Crippen molar-refractivity contribution in [1.29, 1.82) is 5.26 Å². The van der Waals surface area contributed by atoms with E-state index in [4.69, 9.17) is 10.00 Å². The molecule has 1 heterocycles. The Hall–Kier alpha value is -3.92. The van der Waals surface area contributed by atoms with E-state index in [-0.39, 0.29) is 11.8 Å². The van der Waals surface area contributed by atoms with Gasteiger partial charge in [-0.05, 0) is 38.1 Å². The van der Waals surface area contributed by atoms with Gasteiger partial charge >= 0.3 is 0 Å². The van der Waals surface area contributed by atoms with E-state index in [2.05, 4.69) is 26.7 Å². The van der Waals surface area contributed by atoms with Crippen molar-refractivity contribution < 1.29 is 9.53 Å². The van der Waals surface area contributed by atoms with Crippen molar-refractivity contribution in [3.63, 3.8) is 0 Å². The summed E-state index contributed by atoms with van der Waals surface area (Å²) in [4.78, 5) is 20.9. The molecule has 2 aromatic carbocycles. The summed E-state index contributed by atoms with van der Waals surface area (Å²) in [6.45, 7) is 3.83. The minimum atomic E-state index is -0.392. The van der Waals surface area contributed by atoms with E-state index < -0.39 is 5.91 Å². The fraction of sp³-hybridized carbons (Fsp3) is 0.143. The van der Waals surface area contributed by atoms with Crippen molar-refractivity contribution in [2.75, 3.05) is 10.6 Å². The van der Waals surface area contributed by atoms with Crippen LogP contribution in [0.15, 0.2) is 60.9 Å². The first-order chi connectivity index (χ1) is 13.6. The molecule has 0 spiro atoms. The van der Waals surface area contributed by atoms with Gasteiger partial charge in [0, 0.05) is 0 Å². The van der Waals surface area contributed by atoms with Crippen LogP contribution in [0.1, 0.15) is 29.9 Å². The number of para-hydroxylation sites is 3. The predicted octanol–water partition coefficient (Wildman–Crippen LogP) is 4.13. The smallest absolute Gasteiger partial charge is 0.275 e. The number of hydrogen-bond acceptors (Lipinski definition) is 6. The molecule has 7 nitrogen and oxygen atoms in total. The molecule has 0 aliphatic heterocycles. The number of anilines is 3. The molecule has 140 valence electrons. The zero-order chi connectivity index (χ0) is 19.9. The Morgan fingerprint density at radius 1 is 1.04 bits per heavy atom. The second kappa shape index (κ2) is 8.64. The van der Waals surface area contributed by atoms with Gasteiger partial charge in [0.05, 0.1) is 35.4 Å². The van der Waals surface area contributed by atoms with Crippen molar-refractivity contribution in [3.8, 4) is 11.8 Å². The van der Waals surface area contributed by atoms with Crippen molar-refractivity contribution >= 4 is 23.1 Å². The summed E-state index contributed by atoms with van der Waals surface area (Å²) in [6.07, 6.45) is 2.80. The molecule has 0 saturated carbocycles. The summed E-state index contributed by atoms with van der Waals surface area (Å²) in [5, 5.41) is 15.0. The van der Waals surface area contributed by atoms with E-state index in [1.807, 2.05) is 32.0 Å². The molecule has 3 rings (SSSR count). The van der Waals surface area contributed by atoms with E-state index in [1.165, 1.54) is 12.4 Å². The maximum absolute atomic E-state index is 12.5. The Kier molecular flexibility index (Phi) is 5.82. The summed E-state index contributed by atoms with van der Waals surface area (Å²) >= 11 is 0. The number of hydrogen-bond donors (Lipinski definition) is 2. The Balaban J connectivity index is 1.72. The summed E-state index contributed by atoms with van der Waals surface area (Å²) in [5.74, 6) is 0.629. The molecule has 3 aromatic rings. The largest absolute Gasteiger partial charge is 0.489 e. The molecule has 0 aliphatic carbocycles. The SMILES string of the molecule is CC(C)Oc1ccccc1NC(=O)c1cnc(Nc2ccccc2C#N)cn1. The lowest BCUT2D eigenvalue weighted by Gasteiger charge is -2.14. The third kappa shape index (κ3) is 4.62. The third-order valence-electron chi connectivity index (χ3n) is 3.69. The lowest BCUT2D eigenvalue weighted by Crippen LogP contribution is -2.16. The number of benzene rings is 2. The minimum Gasteiger partial charge on any atom is -0.489 e. The number of carbonyl (C=O) groups is 1. The van der Waals surface area contributed by atoms with Crippen LogP contribution in [0.5, 0.6) is 5.75 Å². The van der Waals surface area contributed by atoms with Gasteiger partial charge in [0.1, 0.15) is 23.3 Å². The van der Waals surface area contributed by atoms with E-state index in [0.29, 0.717) is 28.5 Å². The molecule has 1 amide bonds. The van der Waals surface area contributed by atoms with Crippen LogP contribution < -0.4 is 15.4 Å². The maximum atomic E-state index is 12.5. The average Bonchev–Trinajstić information content (AvgIpc) is 2.70. The summed E-state index contributed by atoms with van der Waals surface area (Å²) in [7, 11) is 0. The number of nitriles is 1. The van der Waals surface area contributed by atoms with Crippen molar-refractivity contribution in [2.24, 2.45) is 0 Å². The van der Waals surface area contributed by atoms with E-state index in [9.17, 15) is 4.79 Å². The van der Waals surface area contributed by atoms with Gasteiger partial charge in [-0.15, -0.1) is 0 Å². The minimum absolute atomic E-state index is 0.0144. The highest BCUT2D eigenvalue weighted by Gasteiger charge is 2.12. The first kappa shape index (κ1) is 18.9. The lowest BCUT2D eigenvalue weighted by molar-refractivity contribution is 0.102. The summed E-state index contributed by atoms with van der Waals surface area (Å²) in [5.41, 5.74) is 1.84. The monoisotopic (exact) mass is 373 g/mol. The molecule has 7 heteroatoms. The topological polar surface area (TPSA) is 99.9 Å². The van der Waals surface area contributed by atoms with Crippen molar-refractivity contribution in [1.82, 2.24) is 9.97 Å². The van der Waals surface area contributed by atoms with Gasteiger partial charge < -0.3 is 15.4 Å². The summed E-state index contributed by atoms with van der Waals surface area (Å²) in [6, 6.07) is 16.4. The van der Waals surface area contributed by atoms with Gasteiger partial charge in [0.15, 0.2) is 0 Å². The highest BCUT2D eigenvalue weighted by atomic mass is 16.5. The van der Waals surface area contributed by atoms with Gasteiger partial charge in [0.25, 0.3) is 5.91 Å². The number of aromatic nitrogens is 2. The van der Waals surface area contributed by atoms with Crippen LogP contribution in [0.2, 0.25) is 0 Å². The highest BCUT2D eigenvalue weighted by molar-refractivity contribution is 6.03. The van der Waals surface area contributed by atoms with Crippen LogP contribution in [0.25, 0.3) is 0 Å². The number of nitrogens with zero attached hydrogens (tertiary/aromatic N) is 3. The van der Waals surface area contributed by atoms with Gasteiger partial charge in [-0.1, -0.05) is 24.3 Å². The number of carbonyl (C=O) groups excluding carboxylic acids is 1. The number of rotatable bonds is 6. The maximum Gasteiger partial charge on any atom is 0.275 e. The Morgan fingerprint density at radius 2 is 1.75 bits per heavy atom. The molecule has 0 radical (unpaired) electrons. The van der Waals surface area contributed by atoms with Crippen molar-refractivity contribution in [3.05, 3.63) is 72.2 Å². The molecule has 0 aliphatic rings. The Bertz CT molecular complexity index is 1010. The lowest BCUT2D eigenvalue weighted by atomic mass is 10.2. The van der Waals surface area contributed by atoms with Crippen LogP contribution in [0.4, 0.5) is 17.2 Å². The standard InChI is InChI=1S/C21H19N5O2/c1-14(2)28-19-10-6-5-9-17(19)26-21(27)18-12-24-20(13-23-18)25-16-8-4-3-7-15(16)11-22/h3-10,12-14H,1-2H3,(H,24,25)(H,26,27). The Labute approximate surface area is 163 Å². The average molecular weight is 373 g/mol. The second-order valence-corrected chi connectivity index (χ2v) is 6.19. The second-order valence-electron chi connectivity index (χ2n) is 6.19. The normalized spacial score (nSPS) is 10.2. The van der Waals surface area contributed by atoms with Gasteiger partial charge in [-0.2, -0.15) is 5.26 Å². The van der Waals surface area contributed by atoms with Crippen molar-refractivity contribution in [2.45, 2.75) is 20.0 Å². The number of amides is 1. The zero-order valence-electron chi connectivity index (χ0n) is 15.5. The van der Waals surface area contributed by atoms with Crippen LogP contribution in [-0.2, 0) is 0 Å². The molecule has 2 N–H and O–H groups in total. The molecular formula is C21H19N5O2. The van der Waals surface area contributed by atoms with E-state index >= 15 is 0 Å². The number of ether oxygens (including phenoxy) is 1. The van der Waals surface area contributed by atoms with Gasteiger partial charge in [-0.25, -0.2) is 9.97 Å². The van der Waals surface area contributed by atoms with Crippen LogP contribution >= 0.6 is 0 Å². The van der Waals surface area contributed by atoms with Crippen LogP contribution in [-0.4, -0.2) is 22.0 Å². The zero-order valence-corrected chi connectivity index (χ0v) is 15.5. The van der Waals surface area contributed by atoms with Gasteiger partial charge in [0.2, 0.25) is 0 Å². The Morgan fingerprint density at radius 3 is 2.43 bits per heavy atom. The quantitative estimate of drug-likeness (QED) is 0.674. The molecule has 0 unspecified atom stereocenters. The summed E-state index contributed by atoms with van der Waals surface area (Å²) < 4.78 is 5.70. The molecule has 0 fully saturated rings. The molecule has 0 atom stereocenters. The first-order valence-corrected chi connectivity index (χ1v) is 8.72. The van der Waals surface area contributed by atoms with E-state index in [0.717, 1.165) is 0 Å². The molecule has 0 saturated heterocycles.